The maximum absolute atomic E-state index is 11.4. The first-order valence-corrected chi connectivity index (χ1v) is 4.00. The molecule has 0 saturated heterocycles. The van der Waals surface area contributed by atoms with E-state index in [1.165, 1.54) is 10.6 Å². The molecular formula is C9H11NO3. The topological polar surface area (TPSA) is 59.3 Å². The number of rotatable bonds is 2. The lowest BCUT2D eigenvalue weighted by Gasteiger charge is -2.05. The molecule has 0 fully saturated rings. The van der Waals surface area contributed by atoms with E-state index in [2.05, 4.69) is 0 Å². The third kappa shape index (κ3) is 1.61. The number of nitrogens with zero attached hydrogens (tertiary/aromatic N) is 1. The predicted molar refractivity (Wildman–Crippen MR) is 48.0 cm³/mol. The van der Waals surface area contributed by atoms with E-state index in [0.29, 0.717) is 6.42 Å². The van der Waals surface area contributed by atoms with Crippen molar-refractivity contribution in [2.45, 2.75) is 13.3 Å². The number of hydrogen-bond donors (Lipinski definition) is 1. The highest BCUT2D eigenvalue weighted by atomic mass is 16.4. The summed E-state index contributed by atoms with van der Waals surface area (Å²) in [5, 5.41) is 8.64. The second-order valence-electron chi connectivity index (χ2n) is 2.76. The molecule has 1 rings (SSSR count). The number of carbonyl (C=O) groups is 1. The maximum atomic E-state index is 11.4. The van der Waals surface area contributed by atoms with E-state index in [-0.39, 0.29) is 5.56 Å². The van der Waals surface area contributed by atoms with E-state index in [9.17, 15) is 9.59 Å². The third-order valence-corrected chi connectivity index (χ3v) is 2.00. The lowest BCUT2D eigenvalue weighted by molar-refractivity contribution is 0.0694. The van der Waals surface area contributed by atoms with Crippen LogP contribution in [-0.2, 0) is 13.5 Å². The van der Waals surface area contributed by atoms with Crippen LogP contribution in [0.5, 0.6) is 0 Å². The molecule has 0 aliphatic carbocycles. The molecule has 0 aliphatic rings. The molecule has 0 spiro atoms. The Balaban J connectivity index is 3.40. The van der Waals surface area contributed by atoms with Gasteiger partial charge in [-0.05, 0) is 18.6 Å². The van der Waals surface area contributed by atoms with Crippen molar-refractivity contribution in [2.75, 3.05) is 0 Å². The van der Waals surface area contributed by atoms with Crippen molar-refractivity contribution < 1.29 is 9.90 Å². The summed E-state index contributed by atoms with van der Waals surface area (Å²) in [6.07, 6.45) is 0.714. The van der Waals surface area contributed by atoms with Crippen LogP contribution in [-0.4, -0.2) is 15.6 Å². The zero-order chi connectivity index (χ0) is 10.0. The van der Waals surface area contributed by atoms with Crippen molar-refractivity contribution in [3.8, 4) is 0 Å². The van der Waals surface area contributed by atoms with Gasteiger partial charge >= 0.3 is 5.97 Å². The molecule has 0 bridgehead atoms. The van der Waals surface area contributed by atoms with E-state index >= 15 is 0 Å². The fourth-order valence-corrected chi connectivity index (χ4v) is 1.19. The summed E-state index contributed by atoms with van der Waals surface area (Å²) >= 11 is 0. The molecule has 1 N–H and O–H groups in total. The number of carboxylic acids is 1. The average Bonchev–Trinajstić information content (AvgIpc) is 2.09. The number of aryl methyl sites for hydroxylation is 1. The van der Waals surface area contributed by atoms with E-state index < -0.39 is 11.5 Å². The Bertz CT molecular complexity index is 392. The lowest BCUT2D eigenvalue weighted by atomic mass is 10.2. The summed E-state index contributed by atoms with van der Waals surface area (Å²) in [5.41, 5.74) is 0.196. The molecule has 70 valence electrons. The van der Waals surface area contributed by atoms with Crippen LogP contribution in [0.3, 0.4) is 0 Å². The van der Waals surface area contributed by atoms with Crippen LogP contribution in [0.15, 0.2) is 16.9 Å². The van der Waals surface area contributed by atoms with Crippen LogP contribution < -0.4 is 5.56 Å². The van der Waals surface area contributed by atoms with Crippen LogP contribution in [0.4, 0.5) is 0 Å². The largest absolute Gasteiger partial charge is 0.477 e. The summed E-state index contributed by atoms with van der Waals surface area (Å²) in [5.74, 6) is -1.18. The molecule has 0 atom stereocenters. The lowest BCUT2D eigenvalue weighted by Crippen LogP contribution is -2.26. The first-order valence-electron chi connectivity index (χ1n) is 4.00. The summed E-state index contributed by atoms with van der Waals surface area (Å²) < 4.78 is 1.36. The SMILES string of the molecule is CCc1ccc(C(=O)O)c(=O)n1C. The van der Waals surface area contributed by atoms with Crippen molar-refractivity contribution in [2.24, 2.45) is 7.05 Å². The summed E-state index contributed by atoms with van der Waals surface area (Å²) in [6, 6.07) is 3.01. The normalized spacial score (nSPS) is 10.0. The van der Waals surface area contributed by atoms with Crippen LogP contribution in [0, 0.1) is 0 Å². The number of hydrogen-bond acceptors (Lipinski definition) is 2. The minimum atomic E-state index is -1.18. The number of aromatic nitrogens is 1. The number of carboxylic acid groups (broad SMARTS) is 1. The second kappa shape index (κ2) is 3.43. The molecule has 0 amide bonds. The van der Waals surface area contributed by atoms with Crippen LogP contribution >= 0.6 is 0 Å². The first-order chi connectivity index (χ1) is 6.07. The van der Waals surface area contributed by atoms with E-state index in [0.717, 1.165) is 5.69 Å². The molecule has 0 aliphatic heterocycles. The van der Waals surface area contributed by atoms with Crippen LogP contribution in [0.25, 0.3) is 0 Å². The molecule has 4 heteroatoms. The highest BCUT2D eigenvalue weighted by Crippen LogP contribution is 1.98. The molecule has 13 heavy (non-hydrogen) atoms. The molecule has 0 unspecified atom stereocenters. The van der Waals surface area contributed by atoms with Gasteiger partial charge in [0.15, 0.2) is 0 Å². The minimum absolute atomic E-state index is 0.181. The number of aromatic carboxylic acids is 1. The van der Waals surface area contributed by atoms with Gasteiger partial charge in [0.1, 0.15) is 5.56 Å². The van der Waals surface area contributed by atoms with Gasteiger partial charge in [-0.15, -0.1) is 0 Å². The van der Waals surface area contributed by atoms with Gasteiger partial charge in [0.25, 0.3) is 5.56 Å². The van der Waals surface area contributed by atoms with E-state index in [1.54, 1.807) is 13.1 Å². The van der Waals surface area contributed by atoms with E-state index in [1.807, 2.05) is 6.92 Å². The maximum Gasteiger partial charge on any atom is 0.341 e. The smallest absolute Gasteiger partial charge is 0.341 e. The highest BCUT2D eigenvalue weighted by molar-refractivity contribution is 5.87. The summed E-state index contributed by atoms with van der Waals surface area (Å²) in [7, 11) is 1.58. The Hall–Kier alpha value is -1.58. The zero-order valence-electron chi connectivity index (χ0n) is 7.57. The van der Waals surface area contributed by atoms with Gasteiger partial charge in [0, 0.05) is 12.7 Å². The predicted octanol–water partition coefficient (Wildman–Crippen LogP) is 0.646. The van der Waals surface area contributed by atoms with Gasteiger partial charge in [-0.25, -0.2) is 4.79 Å². The first kappa shape index (κ1) is 9.51. The van der Waals surface area contributed by atoms with Crippen molar-refractivity contribution in [3.63, 3.8) is 0 Å². The molecular weight excluding hydrogens is 170 g/mol. The Morgan fingerprint density at radius 1 is 1.54 bits per heavy atom. The number of pyridine rings is 1. The van der Waals surface area contributed by atoms with Gasteiger partial charge in [-0.3, -0.25) is 4.79 Å². The quantitative estimate of drug-likeness (QED) is 0.728. The Morgan fingerprint density at radius 2 is 2.15 bits per heavy atom. The van der Waals surface area contributed by atoms with Crippen LogP contribution in [0.1, 0.15) is 23.0 Å². The second-order valence-corrected chi connectivity index (χ2v) is 2.76. The Morgan fingerprint density at radius 3 is 2.62 bits per heavy atom. The fraction of sp³-hybridized carbons (Fsp3) is 0.333. The Kier molecular flexibility index (Phi) is 2.51. The standard InChI is InChI=1S/C9H11NO3/c1-3-6-4-5-7(9(12)13)8(11)10(6)2/h4-5H,3H2,1-2H3,(H,12,13). The monoisotopic (exact) mass is 181 g/mol. The summed E-state index contributed by atoms with van der Waals surface area (Å²) in [4.78, 5) is 21.9. The Labute approximate surface area is 75.4 Å². The van der Waals surface area contributed by atoms with E-state index in [4.69, 9.17) is 5.11 Å². The minimum Gasteiger partial charge on any atom is -0.477 e. The van der Waals surface area contributed by atoms with Crippen LogP contribution in [0.2, 0.25) is 0 Å². The van der Waals surface area contributed by atoms with Crippen molar-refractivity contribution >= 4 is 5.97 Å². The molecule has 1 aromatic rings. The molecule has 4 nitrogen and oxygen atoms in total. The van der Waals surface area contributed by atoms with Crippen molar-refractivity contribution in [1.29, 1.82) is 0 Å². The highest BCUT2D eigenvalue weighted by Gasteiger charge is 2.10. The molecule has 1 aromatic heterocycles. The van der Waals surface area contributed by atoms with Gasteiger partial charge in [0.05, 0.1) is 0 Å². The van der Waals surface area contributed by atoms with Gasteiger partial charge in [-0.1, -0.05) is 6.92 Å². The third-order valence-electron chi connectivity index (χ3n) is 2.00. The molecule has 0 saturated carbocycles. The average molecular weight is 181 g/mol. The summed E-state index contributed by atoms with van der Waals surface area (Å²) in [6.45, 7) is 1.91. The van der Waals surface area contributed by atoms with Gasteiger partial charge in [0.2, 0.25) is 0 Å². The van der Waals surface area contributed by atoms with Crippen molar-refractivity contribution in [1.82, 2.24) is 4.57 Å². The fourth-order valence-electron chi connectivity index (χ4n) is 1.19. The van der Waals surface area contributed by atoms with Gasteiger partial charge in [-0.2, -0.15) is 0 Å². The molecule has 0 aromatic carbocycles. The molecule has 1 heterocycles. The zero-order valence-corrected chi connectivity index (χ0v) is 7.57. The molecule has 0 radical (unpaired) electrons. The van der Waals surface area contributed by atoms with Crippen molar-refractivity contribution in [3.05, 3.63) is 33.7 Å². The van der Waals surface area contributed by atoms with Gasteiger partial charge < -0.3 is 9.67 Å².